The first-order valence-corrected chi connectivity index (χ1v) is 6.01. The predicted octanol–water partition coefficient (Wildman–Crippen LogP) is 2.16. The van der Waals surface area contributed by atoms with Gasteiger partial charge in [0.25, 0.3) is 0 Å². The Labute approximate surface area is 98.8 Å². The fourth-order valence-corrected chi connectivity index (χ4v) is 2.31. The van der Waals surface area contributed by atoms with E-state index in [1.807, 2.05) is 19.2 Å². The first-order chi connectivity index (χ1) is 7.78. The lowest BCUT2D eigenvalue weighted by atomic mass is 10.1. The first-order valence-electron chi connectivity index (χ1n) is 5.13. The van der Waals surface area contributed by atoms with Gasteiger partial charge in [0.15, 0.2) is 0 Å². The molecule has 3 nitrogen and oxygen atoms in total. The molecule has 1 aromatic heterocycles. The highest BCUT2D eigenvalue weighted by molar-refractivity contribution is 7.09. The molecule has 0 radical (unpaired) electrons. The molecule has 84 valence electrons. The zero-order valence-electron chi connectivity index (χ0n) is 9.10. The van der Waals surface area contributed by atoms with Crippen LogP contribution in [0, 0.1) is 0 Å². The lowest BCUT2D eigenvalue weighted by Crippen LogP contribution is -2.05. The van der Waals surface area contributed by atoms with Gasteiger partial charge in [-0.25, -0.2) is 4.98 Å². The molecule has 2 rings (SSSR count). The minimum Gasteiger partial charge on any atom is -0.508 e. The normalized spacial score (nSPS) is 10.6. The van der Waals surface area contributed by atoms with Crippen molar-refractivity contribution >= 4 is 11.3 Å². The Hall–Kier alpha value is -1.39. The summed E-state index contributed by atoms with van der Waals surface area (Å²) in [6, 6.07) is 7.26. The summed E-state index contributed by atoms with van der Waals surface area (Å²) in [6.07, 6.45) is 0.828. The van der Waals surface area contributed by atoms with Gasteiger partial charge in [-0.05, 0) is 24.7 Å². The van der Waals surface area contributed by atoms with E-state index in [1.165, 1.54) is 5.56 Å². The SMILES string of the molecule is CNCc1csc(Cc2ccc(O)cc2)n1. The number of hydrogen-bond donors (Lipinski definition) is 2. The summed E-state index contributed by atoms with van der Waals surface area (Å²) in [5, 5.41) is 15.4. The Morgan fingerprint density at radius 3 is 2.75 bits per heavy atom. The molecule has 0 amide bonds. The summed E-state index contributed by atoms with van der Waals surface area (Å²) < 4.78 is 0. The van der Waals surface area contributed by atoms with E-state index in [9.17, 15) is 5.11 Å². The van der Waals surface area contributed by atoms with Crippen molar-refractivity contribution in [3.63, 3.8) is 0 Å². The van der Waals surface area contributed by atoms with E-state index in [1.54, 1.807) is 23.5 Å². The average molecular weight is 234 g/mol. The maximum Gasteiger partial charge on any atom is 0.115 e. The summed E-state index contributed by atoms with van der Waals surface area (Å²) >= 11 is 1.67. The molecule has 2 N–H and O–H groups in total. The van der Waals surface area contributed by atoms with Crippen molar-refractivity contribution in [1.29, 1.82) is 0 Å². The van der Waals surface area contributed by atoms with Gasteiger partial charge in [-0.3, -0.25) is 0 Å². The molecule has 16 heavy (non-hydrogen) atoms. The number of nitrogens with one attached hydrogen (secondary N) is 1. The van der Waals surface area contributed by atoms with Crippen LogP contribution < -0.4 is 5.32 Å². The third-order valence-corrected chi connectivity index (χ3v) is 3.15. The van der Waals surface area contributed by atoms with E-state index in [0.29, 0.717) is 5.75 Å². The van der Waals surface area contributed by atoms with Crippen LogP contribution in [0.2, 0.25) is 0 Å². The Balaban J connectivity index is 2.05. The summed E-state index contributed by atoms with van der Waals surface area (Å²) in [6.45, 7) is 0.812. The smallest absolute Gasteiger partial charge is 0.115 e. The van der Waals surface area contributed by atoms with E-state index in [0.717, 1.165) is 23.7 Å². The van der Waals surface area contributed by atoms with Gasteiger partial charge in [0, 0.05) is 18.3 Å². The second kappa shape index (κ2) is 5.09. The van der Waals surface area contributed by atoms with E-state index < -0.39 is 0 Å². The van der Waals surface area contributed by atoms with Crippen LogP contribution >= 0.6 is 11.3 Å². The Kier molecular flexibility index (Phi) is 3.54. The van der Waals surface area contributed by atoms with Gasteiger partial charge >= 0.3 is 0 Å². The van der Waals surface area contributed by atoms with Crippen molar-refractivity contribution in [1.82, 2.24) is 10.3 Å². The van der Waals surface area contributed by atoms with E-state index >= 15 is 0 Å². The fraction of sp³-hybridized carbons (Fsp3) is 0.250. The third-order valence-electron chi connectivity index (χ3n) is 2.25. The number of hydrogen-bond acceptors (Lipinski definition) is 4. The maximum atomic E-state index is 9.18. The maximum absolute atomic E-state index is 9.18. The van der Waals surface area contributed by atoms with Crippen LogP contribution in [0.5, 0.6) is 5.75 Å². The Bertz CT molecular complexity index is 450. The highest BCUT2D eigenvalue weighted by Crippen LogP contribution is 2.16. The summed E-state index contributed by atoms with van der Waals surface area (Å²) in [5.41, 5.74) is 2.25. The van der Waals surface area contributed by atoms with Crippen molar-refractivity contribution in [2.24, 2.45) is 0 Å². The van der Waals surface area contributed by atoms with Gasteiger partial charge in [-0.2, -0.15) is 0 Å². The number of rotatable bonds is 4. The number of aromatic nitrogens is 1. The van der Waals surface area contributed by atoms with Crippen LogP contribution in [0.15, 0.2) is 29.6 Å². The van der Waals surface area contributed by atoms with Gasteiger partial charge in [0.2, 0.25) is 0 Å². The summed E-state index contributed by atoms with van der Waals surface area (Å²) in [5.74, 6) is 0.304. The molecule has 2 aromatic rings. The van der Waals surface area contributed by atoms with Crippen LogP contribution in [0.1, 0.15) is 16.3 Å². The highest BCUT2D eigenvalue weighted by Gasteiger charge is 2.02. The molecule has 0 spiro atoms. The molecule has 0 unspecified atom stereocenters. The standard InChI is InChI=1S/C12H14N2OS/c1-13-7-10-8-16-12(14-10)6-9-2-4-11(15)5-3-9/h2-5,8,13,15H,6-7H2,1H3. The Morgan fingerprint density at radius 1 is 1.31 bits per heavy atom. The molecule has 4 heteroatoms. The minimum atomic E-state index is 0.304. The predicted molar refractivity (Wildman–Crippen MR) is 65.8 cm³/mol. The van der Waals surface area contributed by atoms with E-state index in [4.69, 9.17) is 0 Å². The molecule has 1 aromatic carbocycles. The van der Waals surface area contributed by atoms with Crippen molar-refractivity contribution in [3.8, 4) is 5.75 Å². The molecule has 0 atom stereocenters. The molecule has 0 aliphatic rings. The van der Waals surface area contributed by atoms with Crippen LogP contribution in [-0.2, 0) is 13.0 Å². The first kappa shape index (κ1) is 11.1. The van der Waals surface area contributed by atoms with Gasteiger partial charge in [-0.1, -0.05) is 12.1 Å². The lowest BCUT2D eigenvalue weighted by Gasteiger charge is -1.98. The van der Waals surface area contributed by atoms with Crippen LogP contribution in [-0.4, -0.2) is 17.1 Å². The van der Waals surface area contributed by atoms with Crippen molar-refractivity contribution < 1.29 is 5.11 Å². The Morgan fingerprint density at radius 2 is 2.06 bits per heavy atom. The number of benzene rings is 1. The zero-order valence-corrected chi connectivity index (χ0v) is 9.92. The second-order valence-electron chi connectivity index (χ2n) is 3.61. The zero-order chi connectivity index (χ0) is 11.4. The van der Waals surface area contributed by atoms with Gasteiger partial charge < -0.3 is 10.4 Å². The molecular formula is C12H14N2OS. The molecule has 0 fully saturated rings. The van der Waals surface area contributed by atoms with Crippen molar-refractivity contribution in [3.05, 3.63) is 45.9 Å². The summed E-state index contributed by atoms with van der Waals surface area (Å²) in [4.78, 5) is 4.51. The highest BCUT2D eigenvalue weighted by atomic mass is 32.1. The number of phenolic OH excluding ortho intramolecular Hbond substituents is 1. The number of thiazole rings is 1. The van der Waals surface area contributed by atoms with Crippen molar-refractivity contribution in [2.45, 2.75) is 13.0 Å². The molecule has 0 aliphatic heterocycles. The third kappa shape index (κ3) is 2.81. The summed E-state index contributed by atoms with van der Waals surface area (Å²) in [7, 11) is 1.92. The molecule has 0 bridgehead atoms. The van der Waals surface area contributed by atoms with Crippen LogP contribution in [0.3, 0.4) is 0 Å². The van der Waals surface area contributed by atoms with E-state index in [-0.39, 0.29) is 0 Å². The van der Waals surface area contributed by atoms with Gasteiger partial charge in [-0.15, -0.1) is 11.3 Å². The van der Waals surface area contributed by atoms with Gasteiger partial charge in [0.1, 0.15) is 5.75 Å². The number of aromatic hydroxyl groups is 1. The number of phenols is 1. The van der Waals surface area contributed by atoms with E-state index in [2.05, 4.69) is 15.7 Å². The second-order valence-corrected chi connectivity index (χ2v) is 4.55. The monoisotopic (exact) mass is 234 g/mol. The van der Waals surface area contributed by atoms with Gasteiger partial charge in [0.05, 0.1) is 10.7 Å². The molecular weight excluding hydrogens is 220 g/mol. The minimum absolute atomic E-state index is 0.304. The number of nitrogens with zero attached hydrogens (tertiary/aromatic N) is 1. The quantitative estimate of drug-likeness (QED) is 0.852. The van der Waals surface area contributed by atoms with Crippen LogP contribution in [0.4, 0.5) is 0 Å². The lowest BCUT2D eigenvalue weighted by molar-refractivity contribution is 0.475. The van der Waals surface area contributed by atoms with Crippen molar-refractivity contribution in [2.75, 3.05) is 7.05 Å². The molecule has 0 aliphatic carbocycles. The fourth-order valence-electron chi connectivity index (χ4n) is 1.48. The largest absolute Gasteiger partial charge is 0.508 e. The molecule has 0 saturated carbocycles. The van der Waals surface area contributed by atoms with Crippen LogP contribution in [0.25, 0.3) is 0 Å². The topological polar surface area (TPSA) is 45.1 Å². The molecule has 0 saturated heterocycles. The average Bonchev–Trinajstić information content (AvgIpc) is 2.70. The molecule has 1 heterocycles.